The number of alkyl halides is 3. The van der Waals surface area contributed by atoms with Crippen molar-refractivity contribution in [3.63, 3.8) is 0 Å². The SMILES string of the molecule is N#CC12CCC(NS(=O)(=O)c3ccc(OC(F)(F)F)c(-c4cn5c(N)ncnc5n4)c3)(C1)C2. The van der Waals surface area contributed by atoms with Crippen LogP contribution in [0.15, 0.2) is 35.6 Å². The lowest BCUT2D eigenvalue weighted by Gasteiger charge is -2.43. The van der Waals surface area contributed by atoms with Gasteiger partial charge >= 0.3 is 6.36 Å². The first-order chi connectivity index (χ1) is 15.4. The third-order valence-electron chi connectivity index (χ3n) is 6.08. The maximum Gasteiger partial charge on any atom is 0.573 e. The topological polar surface area (TPSA) is 148 Å². The van der Waals surface area contributed by atoms with Crippen LogP contribution in [-0.4, -0.2) is 39.7 Å². The van der Waals surface area contributed by atoms with Gasteiger partial charge in [-0.05, 0) is 43.9 Å². The van der Waals surface area contributed by atoms with E-state index >= 15 is 0 Å². The van der Waals surface area contributed by atoms with Crippen molar-refractivity contribution in [1.29, 1.82) is 5.26 Å². The van der Waals surface area contributed by atoms with Crippen LogP contribution in [0.1, 0.15) is 25.7 Å². The highest BCUT2D eigenvalue weighted by Gasteiger charge is 2.62. The molecule has 0 amide bonds. The number of fused-ring (bicyclic) bond motifs is 2. The Morgan fingerprint density at radius 2 is 2.00 bits per heavy atom. The summed E-state index contributed by atoms with van der Waals surface area (Å²) < 4.78 is 73.1. The van der Waals surface area contributed by atoms with Gasteiger partial charge in [-0.1, -0.05) is 0 Å². The molecule has 0 unspecified atom stereocenters. The van der Waals surface area contributed by atoms with Crippen molar-refractivity contribution in [2.24, 2.45) is 5.41 Å². The number of anilines is 1. The number of nitrogens with two attached hydrogens (primary N) is 1. The minimum atomic E-state index is -5.01. The average molecular weight is 479 g/mol. The number of nitrogen functional groups attached to an aromatic ring is 1. The van der Waals surface area contributed by atoms with E-state index in [0.29, 0.717) is 25.7 Å². The van der Waals surface area contributed by atoms with Crippen LogP contribution in [0.25, 0.3) is 17.0 Å². The highest BCUT2D eigenvalue weighted by Crippen LogP contribution is 2.61. The first-order valence-electron chi connectivity index (χ1n) is 9.74. The lowest BCUT2D eigenvalue weighted by molar-refractivity contribution is -0.274. The predicted octanol–water partition coefficient (Wildman–Crippen LogP) is 2.39. The lowest BCUT2D eigenvalue weighted by Crippen LogP contribution is -2.55. The van der Waals surface area contributed by atoms with E-state index in [1.54, 1.807) is 0 Å². The molecule has 3 N–H and O–H groups in total. The molecule has 2 heterocycles. The predicted molar refractivity (Wildman–Crippen MR) is 107 cm³/mol. The van der Waals surface area contributed by atoms with E-state index in [9.17, 15) is 26.9 Å². The van der Waals surface area contributed by atoms with Gasteiger partial charge in [0.15, 0.2) is 0 Å². The molecular weight excluding hydrogens is 463 g/mol. The monoisotopic (exact) mass is 479 g/mol. The van der Waals surface area contributed by atoms with Crippen molar-refractivity contribution in [3.8, 4) is 23.1 Å². The van der Waals surface area contributed by atoms with Crippen LogP contribution < -0.4 is 15.2 Å². The van der Waals surface area contributed by atoms with Crippen molar-refractivity contribution in [3.05, 3.63) is 30.7 Å². The largest absolute Gasteiger partial charge is 0.573 e. The Hall–Kier alpha value is -3.44. The summed E-state index contributed by atoms with van der Waals surface area (Å²) in [5, 5.41) is 9.30. The van der Waals surface area contributed by atoms with Gasteiger partial charge in [-0.25, -0.2) is 28.1 Å². The van der Waals surface area contributed by atoms with Gasteiger partial charge in [0.1, 0.15) is 12.1 Å². The molecule has 0 spiro atoms. The summed E-state index contributed by atoms with van der Waals surface area (Å²) >= 11 is 0. The number of benzene rings is 1. The summed E-state index contributed by atoms with van der Waals surface area (Å²) in [4.78, 5) is 11.6. The number of sulfonamides is 1. The summed E-state index contributed by atoms with van der Waals surface area (Å²) in [5.74, 6) is -0.578. The Morgan fingerprint density at radius 1 is 1.24 bits per heavy atom. The molecule has 3 saturated carbocycles. The zero-order chi connectivity index (χ0) is 23.6. The smallest absolute Gasteiger partial charge is 0.405 e. The zero-order valence-electron chi connectivity index (χ0n) is 16.8. The normalized spacial score (nSPS) is 24.4. The second kappa shape index (κ2) is 6.78. The fourth-order valence-corrected chi connectivity index (χ4v) is 6.18. The number of halogens is 3. The van der Waals surface area contributed by atoms with Crippen molar-refractivity contribution >= 4 is 21.7 Å². The molecule has 3 aromatic rings. The van der Waals surface area contributed by atoms with Gasteiger partial charge in [0.2, 0.25) is 21.7 Å². The first-order valence-corrected chi connectivity index (χ1v) is 11.2. The van der Waals surface area contributed by atoms with E-state index in [2.05, 4.69) is 30.5 Å². The molecule has 0 aliphatic heterocycles. The molecule has 14 heteroatoms. The minimum Gasteiger partial charge on any atom is -0.405 e. The van der Waals surface area contributed by atoms with Gasteiger partial charge < -0.3 is 10.5 Å². The first kappa shape index (κ1) is 21.4. The Kier molecular flexibility index (Phi) is 4.40. The number of hydrogen-bond acceptors (Lipinski definition) is 8. The number of nitriles is 1. The number of nitrogens with one attached hydrogen (secondary N) is 1. The van der Waals surface area contributed by atoms with E-state index in [4.69, 9.17) is 5.73 Å². The van der Waals surface area contributed by atoms with Gasteiger partial charge in [-0.15, -0.1) is 13.2 Å². The van der Waals surface area contributed by atoms with Crippen molar-refractivity contribution in [2.75, 3.05) is 5.73 Å². The molecule has 10 nitrogen and oxygen atoms in total. The maximum absolute atomic E-state index is 13.1. The highest BCUT2D eigenvalue weighted by molar-refractivity contribution is 7.89. The fraction of sp³-hybridized carbons (Fsp3) is 0.368. The molecule has 3 aliphatic rings. The van der Waals surface area contributed by atoms with Crippen molar-refractivity contribution in [1.82, 2.24) is 24.1 Å². The standard InChI is InChI=1S/C19H16F3N7O3S/c20-19(21,22)32-14-2-1-11(33(30,31)28-18-4-3-17(7-18,8-18)9-23)5-12(14)13-6-29-15(24)25-10-26-16(29)27-13/h1-2,5-6,10,28H,3-4,7-8H2,(H2,24,25,26,27). The van der Waals surface area contributed by atoms with Crippen LogP contribution in [0.3, 0.4) is 0 Å². The molecule has 1 aromatic carbocycles. The number of nitrogens with zero attached hydrogens (tertiary/aromatic N) is 5. The molecule has 3 fully saturated rings. The Bertz CT molecular complexity index is 1420. The van der Waals surface area contributed by atoms with Gasteiger partial charge in [-0.3, -0.25) is 4.40 Å². The number of hydrogen-bond donors (Lipinski definition) is 2. The van der Waals surface area contributed by atoms with Crippen LogP contribution in [0.4, 0.5) is 19.1 Å². The summed E-state index contributed by atoms with van der Waals surface area (Å²) in [7, 11) is -4.11. The maximum atomic E-state index is 13.1. The van der Waals surface area contributed by atoms with Crippen LogP contribution in [0.5, 0.6) is 5.75 Å². The third-order valence-corrected chi connectivity index (χ3v) is 7.66. The van der Waals surface area contributed by atoms with Gasteiger partial charge in [-0.2, -0.15) is 5.26 Å². The Morgan fingerprint density at radius 3 is 2.64 bits per heavy atom. The van der Waals surface area contributed by atoms with Crippen molar-refractivity contribution < 1.29 is 26.3 Å². The molecule has 0 radical (unpaired) electrons. The molecule has 33 heavy (non-hydrogen) atoms. The molecule has 0 saturated heterocycles. The van der Waals surface area contributed by atoms with Crippen LogP contribution in [0, 0.1) is 16.7 Å². The van der Waals surface area contributed by atoms with Gasteiger partial charge in [0, 0.05) is 17.3 Å². The molecular formula is C19H16F3N7O3S. The van der Waals surface area contributed by atoms with E-state index in [-0.39, 0.29) is 27.9 Å². The summed E-state index contributed by atoms with van der Waals surface area (Å²) in [6.07, 6.45) is -0.660. The molecule has 2 aromatic heterocycles. The number of aromatic nitrogens is 4. The minimum absolute atomic E-state index is 0.00576. The zero-order valence-corrected chi connectivity index (χ0v) is 17.6. The molecule has 172 valence electrons. The number of imidazole rings is 1. The van der Waals surface area contributed by atoms with E-state index < -0.39 is 33.1 Å². The van der Waals surface area contributed by atoms with Crippen LogP contribution >= 0.6 is 0 Å². The number of rotatable bonds is 5. The Labute approximate surface area is 185 Å². The number of ether oxygens (including phenoxy) is 1. The second-order valence-corrected chi connectivity index (χ2v) is 10.0. The Balaban J connectivity index is 1.56. The van der Waals surface area contributed by atoms with E-state index in [1.807, 2.05) is 0 Å². The summed E-state index contributed by atoms with van der Waals surface area (Å²) in [6.45, 7) is 0. The summed E-state index contributed by atoms with van der Waals surface area (Å²) in [6, 6.07) is 5.24. The second-order valence-electron chi connectivity index (χ2n) is 8.37. The lowest BCUT2D eigenvalue weighted by atomic mass is 9.66. The highest BCUT2D eigenvalue weighted by atomic mass is 32.2. The van der Waals surface area contributed by atoms with E-state index in [1.165, 1.54) is 10.6 Å². The quantitative estimate of drug-likeness (QED) is 0.567. The average Bonchev–Trinajstić information content (AvgIpc) is 3.38. The molecule has 0 atom stereocenters. The third kappa shape index (κ3) is 3.62. The fourth-order valence-electron chi connectivity index (χ4n) is 4.73. The van der Waals surface area contributed by atoms with Crippen LogP contribution in [-0.2, 0) is 10.0 Å². The van der Waals surface area contributed by atoms with Gasteiger partial charge in [0.05, 0.1) is 22.1 Å². The van der Waals surface area contributed by atoms with Gasteiger partial charge in [0.25, 0.3) is 0 Å². The summed E-state index contributed by atoms with van der Waals surface area (Å²) in [5.41, 5.74) is 4.27. The molecule has 6 rings (SSSR count). The molecule has 2 bridgehead atoms. The van der Waals surface area contributed by atoms with Crippen LogP contribution in [0.2, 0.25) is 0 Å². The van der Waals surface area contributed by atoms with Crippen molar-refractivity contribution in [2.45, 2.75) is 42.5 Å². The van der Waals surface area contributed by atoms with E-state index in [0.717, 1.165) is 24.5 Å². The molecule has 3 aliphatic carbocycles.